The lowest BCUT2D eigenvalue weighted by atomic mass is 10.1. The van der Waals surface area contributed by atoms with Crippen molar-refractivity contribution in [2.45, 2.75) is 26.8 Å². The van der Waals surface area contributed by atoms with Crippen LogP contribution in [0.4, 0.5) is 0 Å². The van der Waals surface area contributed by atoms with Crippen LogP contribution < -0.4 is 0 Å². The van der Waals surface area contributed by atoms with Crippen LogP contribution in [-0.2, 0) is 20.8 Å². The van der Waals surface area contributed by atoms with Gasteiger partial charge in [0.2, 0.25) is 5.91 Å². The molecule has 0 aliphatic rings. The summed E-state index contributed by atoms with van der Waals surface area (Å²) in [5.41, 5.74) is 3.08. The van der Waals surface area contributed by atoms with E-state index in [1.807, 2.05) is 13.8 Å². The standard InChI is InChI=1S/C14H22N2O4/c1-9-11(8-16(3)12(17)6-7-19-4)10(2)15-13(9)14(18)20-5/h15H,6-8H2,1-5H3. The molecule has 20 heavy (non-hydrogen) atoms. The molecular formula is C14H22N2O4. The van der Waals surface area contributed by atoms with Crippen molar-refractivity contribution >= 4 is 11.9 Å². The van der Waals surface area contributed by atoms with Crippen LogP contribution in [0.2, 0.25) is 0 Å². The normalized spacial score (nSPS) is 10.4. The lowest BCUT2D eigenvalue weighted by Gasteiger charge is -2.17. The Morgan fingerprint density at radius 2 is 1.90 bits per heavy atom. The van der Waals surface area contributed by atoms with Crippen molar-refractivity contribution < 1.29 is 19.1 Å². The molecular weight excluding hydrogens is 260 g/mol. The first-order valence-electron chi connectivity index (χ1n) is 6.41. The highest BCUT2D eigenvalue weighted by Gasteiger charge is 2.19. The van der Waals surface area contributed by atoms with Crippen molar-refractivity contribution in [3.05, 3.63) is 22.5 Å². The molecule has 0 aliphatic heterocycles. The van der Waals surface area contributed by atoms with Gasteiger partial charge in [0.25, 0.3) is 0 Å². The summed E-state index contributed by atoms with van der Waals surface area (Å²) in [5, 5.41) is 0. The van der Waals surface area contributed by atoms with E-state index in [4.69, 9.17) is 9.47 Å². The zero-order valence-electron chi connectivity index (χ0n) is 12.7. The van der Waals surface area contributed by atoms with E-state index in [2.05, 4.69) is 4.98 Å². The molecule has 1 amide bonds. The molecule has 0 unspecified atom stereocenters. The Hall–Kier alpha value is -1.82. The zero-order valence-corrected chi connectivity index (χ0v) is 12.7. The number of aryl methyl sites for hydroxylation is 1. The number of amides is 1. The van der Waals surface area contributed by atoms with Crippen LogP contribution in [0.15, 0.2) is 0 Å². The number of rotatable bonds is 6. The third-order valence-corrected chi connectivity index (χ3v) is 3.32. The SMILES string of the molecule is COCCC(=O)N(C)Cc1c(C)[nH]c(C(=O)OC)c1C. The van der Waals surface area contributed by atoms with Gasteiger partial charge in [0.1, 0.15) is 5.69 Å². The fourth-order valence-corrected chi connectivity index (χ4v) is 2.04. The first kappa shape index (κ1) is 16.2. The summed E-state index contributed by atoms with van der Waals surface area (Å²) in [6.07, 6.45) is 0.347. The summed E-state index contributed by atoms with van der Waals surface area (Å²) in [4.78, 5) is 28.1. The van der Waals surface area contributed by atoms with E-state index < -0.39 is 5.97 Å². The molecule has 1 N–H and O–H groups in total. The van der Waals surface area contributed by atoms with Gasteiger partial charge in [-0.1, -0.05) is 0 Å². The second-order valence-electron chi connectivity index (χ2n) is 4.71. The molecule has 0 atom stereocenters. The number of aromatic amines is 1. The number of ether oxygens (including phenoxy) is 2. The smallest absolute Gasteiger partial charge is 0.354 e. The third kappa shape index (κ3) is 3.60. The molecule has 1 aromatic heterocycles. The van der Waals surface area contributed by atoms with E-state index in [0.717, 1.165) is 16.8 Å². The van der Waals surface area contributed by atoms with E-state index in [1.165, 1.54) is 7.11 Å². The van der Waals surface area contributed by atoms with Crippen LogP contribution in [0, 0.1) is 13.8 Å². The van der Waals surface area contributed by atoms with Gasteiger partial charge in [-0.25, -0.2) is 4.79 Å². The van der Waals surface area contributed by atoms with Gasteiger partial charge >= 0.3 is 5.97 Å². The zero-order chi connectivity index (χ0) is 15.3. The maximum absolute atomic E-state index is 11.9. The Morgan fingerprint density at radius 3 is 2.45 bits per heavy atom. The maximum atomic E-state index is 11.9. The van der Waals surface area contributed by atoms with Crippen LogP contribution >= 0.6 is 0 Å². The molecule has 0 radical (unpaired) electrons. The molecule has 1 heterocycles. The molecule has 0 saturated carbocycles. The summed E-state index contributed by atoms with van der Waals surface area (Å²) < 4.78 is 9.62. The highest BCUT2D eigenvalue weighted by atomic mass is 16.5. The van der Waals surface area contributed by atoms with Gasteiger partial charge in [0.15, 0.2) is 0 Å². The second-order valence-corrected chi connectivity index (χ2v) is 4.71. The highest BCUT2D eigenvalue weighted by molar-refractivity contribution is 5.89. The number of esters is 1. The minimum Gasteiger partial charge on any atom is -0.464 e. The Kier molecular flexibility index (Phi) is 5.76. The van der Waals surface area contributed by atoms with Crippen LogP contribution in [0.5, 0.6) is 0 Å². The lowest BCUT2D eigenvalue weighted by molar-refractivity contribution is -0.131. The van der Waals surface area contributed by atoms with Crippen LogP contribution in [0.25, 0.3) is 0 Å². The largest absolute Gasteiger partial charge is 0.464 e. The summed E-state index contributed by atoms with van der Waals surface area (Å²) in [5.74, 6) is -0.392. The second kappa shape index (κ2) is 7.09. The van der Waals surface area contributed by atoms with Crippen LogP contribution in [0.1, 0.15) is 33.7 Å². The van der Waals surface area contributed by atoms with E-state index >= 15 is 0 Å². The minimum atomic E-state index is -0.398. The van der Waals surface area contributed by atoms with Crippen molar-refractivity contribution in [1.29, 1.82) is 0 Å². The molecule has 0 aliphatic carbocycles. The fourth-order valence-electron chi connectivity index (χ4n) is 2.04. The Bertz CT molecular complexity index is 494. The van der Waals surface area contributed by atoms with Crippen molar-refractivity contribution in [2.24, 2.45) is 0 Å². The minimum absolute atomic E-state index is 0.00599. The molecule has 1 aromatic rings. The van der Waals surface area contributed by atoms with E-state index in [0.29, 0.717) is 25.3 Å². The fraction of sp³-hybridized carbons (Fsp3) is 0.571. The molecule has 0 fully saturated rings. The van der Waals surface area contributed by atoms with Crippen LogP contribution in [0.3, 0.4) is 0 Å². The number of carbonyl (C=O) groups excluding carboxylic acids is 2. The summed E-state index contributed by atoms with van der Waals surface area (Å²) in [7, 11) is 4.65. The number of methoxy groups -OCH3 is 2. The number of nitrogens with one attached hydrogen (secondary N) is 1. The predicted octanol–water partition coefficient (Wildman–Crippen LogP) is 1.41. The topological polar surface area (TPSA) is 71.6 Å². The number of hydrogen-bond donors (Lipinski definition) is 1. The van der Waals surface area contributed by atoms with Gasteiger partial charge in [-0.05, 0) is 25.0 Å². The van der Waals surface area contributed by atoms with E-state index in [1.54, 1.807) is 19.1 Å². The number of aromatic nitrogens is 1. The van der Waals surface area contributed by atoms with Crippen molar-refractivity contribution in [1.82, 2.24) is 9.88 Å². The highest BCUT2D eigenvalue weighted by Crippen LogP contribution is 2.20. The Balaban J connectivity index is 2.85. The first-order chi connectivity index (χ1) is 9.42. The average molecular weight is 282 g/mol. The molecule has 0 bridgehead atoms. The molecule has 112 valence electrons. The molecule has 0 spiro atoms. The molecule has 6 nitrogen and oxygen atoms in total. The Labute approximate surface area is 119 Å². The van der Waals surface area contributed by atoms with Gasteiger partial charge in [-0.3, -0.25) is 4.79 Å². The van der Waals surface area contributed by atoms with Gasteiger partial charge < -0.3 is 19.4 Å². The summed E-state index contributed by atoms with van der Waals surface area (Å²) in [6.45, 7) is 4.58. The summed E-state index contributed by atoms with van der Waals surface area (Å²) >= 11 is 0. The van der Waals surface area contributed by atoms with E-state index in [-0.39, 0.29) is 5.91 Å². The number of H-pyrrole nitrogens is 1. The number of carbonyl (C=O) groups is 2. The number of hydrogen-bond acceptors (Lipinski definition) is 4. The van der Waals surface area contributed by atoms with Crippen molar-refractivity contribution in [3.63, 3.8) is 0 Å². The predicted molar refractivity (Wildman–Crippen MR) is 74.6 cm³/mol. The molecule has 0 aromatic carbocycles. The van der Waals surface area contributed by atoms with Gasteiger partial charge in [-0.15, -0.1) is 0 Å². The molecule has 0 saturated heterocycles. The third-order valence-electron chi connectivity index (χ3n) is 3.32. The molecule has 6 heteroatoms. The van der Waals surface area contributed by atoms with Gasteiger partial charge in [-0.2, -0.15) is 0 Å². The average Bonchev–Trinajstić information content (AvgIpc) is 2.71. The first-order valence-corrected chi connectivity index (χ1v) is 6.41. The molecule has 1 rings (SSSR count). The van der Waals surface area contributed by atoms with Crippen LogP contribution in [-0.4, -0.2) is 49.6 Å². The van der Waals surface area contributed by atoms with Crippen molar-refractivity contribution in [2.75, 3.05) is 27.9 Å². The van der Waals surface area contributed by atoms with Crippen molar-refractivity contribution in [3.8, 4) is 0 Å². The quantitative estimate of drug-likeness (QED) is 0.801. The van der Waals surface area contributed by atoms with Gasteiger partial charge in [0, 0.05) is 26.4 Å². The monoisotopic (exact) mass is 282 g/mol. The summed E-state index contributed by atoms with van der Waals surface area (Å²) in [6, 6.07) is 0. The van der Waals surface area contributed by atoms with Gasteiger partial charge in [0.05, 0.1) is 20.1 Å². The van der Waals surface area contributed by atoms with E-state index in [9.17, 15) is 9.59 Å². The Morgan fingerprint density at radius 1 is 1.25 bits per heavy atom. The lowest BCUT2D eigenvalue weighted by Crippen LogP contribution is -2.27. The maximum Gasteiger partial charge on any atom is 0.354 e. The number of nitrogens with zero attached hydrogens (tertiary/aromatic N) is 1.